The Bertz CT molecular complexity index is 752. The minimum absolute atomic E-state index is 0.0869. The van der Waals surface area contributed by atoms with Crippen molar-refractivity contribution in [3.8, 4) is 0 Å². The number of hydrogen-bond acceptors (Lipinski definition) is 6. The van der Waals surface area contributed by atoms with E-state index in [1.807, 2.05) is 28.1 Å². The quantitative estimate of drug-likeness (QED) is 0.0268. The van der Waals surface area contributed by atoms with Crippen LogP contribution in [0.15, 0.2) is 24.3 Å². The summed E-state index contributed by atoms with van der Waals surface area (Å²) in [5.74, 6) is -0.369. The van der Waals surface area contributed by atoms with Gasteiger partial charge in [0.1, 0.15) is 19.3 Å². The van der Waals surface area contributed by atoms with Crippen LogP contribution < -0.4 is 0 Å². The normalized spacial score (nSPS) is 14.5. The van der Waals surface area contributed by atoms with Gasteiger partial charge < -0.3 is 18.9 Å². The summed E-state index contributed by atoms with van der Waals surface area (Å²) < 4.78 is 34.1. The number of phosphoric ester groups is 1. The van der Waals surface area contributed by atoms with E-state index in [1.54, 1.807) is 0 Å². The summed E-state index contributed by atoms with van der Waals surface area (Å²) in [4.78, 5) is 21.9. The van der Waals surface area contributed by atoms with E-state index in [9.17, 15) is 14.3 Å². The van der Waals surface area contributed by atoms with Gasteiger partial charge in [-0.1, -0.05) is 102 Å². The van der Waals surface area contributed by atoms with Crippen LogP contribution in [0.5, 0.6) is 0 Å². The molecule has 0 aliphatic heterocycles. The van der Waals surface area contributed by atoms with Crippen molar-refractivity contribution < 1.29 is 37.3 Å². The Balaban J connectivity index is 3.84. The highest BCUT2D eigenvalue weighted by Gasteiger charge is 2.26. The third kappa shape index (κ3) is 32.2. The van der Waals surface area contributed by atoms with E-state index in [-0.39, 0.29) is 32.2 Å². The highest BCUT2D eigenvalue weighted by molar-refractivity contribution is 7.47. The van der Waals surface area contributed by atoms with Crippen LogP contribution in [0, 0.1) is 0 Å². The molecule has 0 saturated heterocycles. The van der Waals surface area contributed by atoms with Crippen LogP contribution in [-0.4, -0.2) is 75.6 Å². The third-order valence-electron chi connectivity index (χ3n) is 6.99. The maximum Gasteiger partial charge on any atom is 0.472 e. The molecular weight excluding hydrogens is 565 g/mol. The highest BCUT2D eigenvalue weighted by atomic mass is 31.2. The van der Waals surface area contributed by atoms with E-state index in [0.717, 1.165) is 19.3 Å². The predicted octanol–water partition coefficient (Wildman–Crippen LogP) is 8.93. The third-order valence-corrected chi connectivity index (χ3v) is 7.97. The van der Waals surface area contributed by atoms with E-state index in [1.165, 1.54) is 83.5 Å². The number of likely N-dealkylation sites (N-methyl/N-ethyl adjacent to an activating group) is 1. The molecule has 43 heavy (non-hydrogen) atoms. The van der Waals surface area contributed by atoms with Crippen molar-refractivity contribution in [1.82, 2.24) is 0 Å². The van der Waals surface area contributed by atoms with Crippen molar-refractivity contribution in [3.05, 3.63) is 24.3 Å². The Hall–Kier alpha value is -1.02. The summed E-state index contributed by atoms with van der Waals surface area (Å²) in [6, 6.07) is 0. The summed E-state index contributed by atoms with van der Waals surface area (Å²) in [5.41, 5.74) is 0. The molecule has 0 bridgehead atoms. The molecule has 0 radical (unpaired) electrons. The van der Waals surface area contributed by atoms with Crippen LogP contribution in [-0.2, 0) is 27.9 Å². The fraction of sp³-hybridized carbons (Fsp3) is 0.853. The molecule has 0 fully saturated rings. The van der Waals surface area contributed by atoms with Crippen molar-refractivity contribution in [2.45, 2.75) is 136 Å². The monoisotopic (exact) mass is 632 g/mol. The number of unbranched alkanes of at least 4 members (excludes halogenated alkanes) is 13. The van der Waals surface area contributed by atoms with Crippen LogP contribution in [0.4, 0.5) is 0 Å². The summed E-state index contributed by atoms with van der Waals surface area (Å²) in [7, 11) is 1.66. The number of ether oxygens (including phenoxy) is 2. The SMILES string of the molecule is CCCCC/C=C\C/C=C\CCCCCCCCCCCCOCC(COP(=O)(O)OCC[N+](C)(C)C)OC(=O)CCC. The van der Waals surface area contributed by atoms with Gasteiger partial charge in [-0.2, -0.15) is 0 Å². The van der Waals surface area contributed by atoms with Crippen LogP contribution in [0.3, 0.4) is 0 Å². The zero-order valence-corrected chi connectivity index (χ0v) is 29.3. The standard InChI is InChI=1S/C34H66NO7P/c1-6-8-9-10-11-12-13-14-15-16-17-18-19-20-21-22-23-24-25-26-29-39-31-33(42-34(36)27-7-2)32-41-43(37,38)40-30-28-35(3,4)5/h11-12,14-15,33H,6-10,13,16-32H2,1-5H3/p+1/b12-11-,15-14-. The maximum absolute atomic E-state index is 12.2. The summed E-state index contributed by atoms with van der Waals surface area (Å²) in [6.07, 6.45) is 29.3. The zero-order chi connectivity index (χ0) is 32.1. The second-order valence-corrected chi connectivity index (χ2v) is 14.0. The van der Waals surface area contributed by atoms with Gasteiger partial charge in [-0.3, -0.25) is 13.8 Å². The van der Waals surface area contributed by atoms with Gasteiger partial charge in [0.05, 0.1) is 34.4 Å². The second-order valence-electron chi connectivity index (χ2n) is 12.5. The van der Waals surface area contributed by atoms with Crippen molar-refractivity contribution in [2.75, 3.05) is 54.1 Å². The number of carbonyl (C=O) groups excluding carboxylic acids is 1. The fourth-order valence-electron chi connectivity index (χ4n) is 4.32. The number of esters is 1. The van der Waals surface area contributed by atoms with Gasteiger partial charge >= 0.3 is 13.8 Å². The first kappa shape index (κ1) is 42.0. The summed E-state index contributed by atoms with van der Waals surface area (Å²) >= 11 is 0. The molecule has 0 aliphatic rings. The molecule has 1 N–H and O–H groups in total. The minimum atomic E-state index is -4.23. The number of phosphoric acid groups is 1. The first-order valence-electron chi connectivity index (χ1n) is 17.1. The topological polar surface area (TPSA) is 91.3 Å². The van der Waals surface area contributed by atoms with Gasteiger partial charge in [0, 0.05) is 13.0 Å². The van der Waals surface area contributed by atoms with Crippen molar-refractivity contribution >= 4 is 13.8 Å². The van der Waals surface area contributed by atoms with Gasteiger partial charge in [-0.05, 0) is 44.9 Å². The van der Waals surface area contributed by atoms with Crippen molar-refractivity contribution in [1.29, 1.82) is 0 Å². The van der Waals surface area contributed by atoms with Crippen LogP contribution >= 0.6 is 7.82 Å². The lowest BCUT2D eigenvalue weighted by molar-refractivity contribution is -0.870. The molecule has 254 valence electrons. The highest BCUT2D eigenvalue weighted by Crippen LogP contribution is 2.43. The van der Waals surface area contributed by atoms with Gasteiger partial charge in [-0.25, -0.2) is 4.57 Å². The van der Waals surface area contributed by atoms with E-state index in [0.29, 0.717) is 24.1 Å². The predicted molar refractivity (Wildman–Crippen MR) is 178 cm³/mol. The Labute approximate surface area is 264 Å². The number of quaternary nitrogens is 1. The Kier molecular flexibility index (Phi) is 27.8. The molecule has 0 amide bonds. The Morgan fingerprint density at radius 2 is 1.28 bits per heavy atom. The smallest absolute Gasteiger partial charge is 0.457 e. The van der Waals surface area contributed by atoms with Crippen LogP contribution in [0.1, 0.15) is 129 Å². The van der Waals surface area contributed by atoms with Gasteiger partial charge in [0.2, 0.25) is 0 Å². The van der Waals surface area contributed by atoms with Gasteiger partial charge in [-0.15, -0.1) is 0 Å². The largest absolute Gasteiger partial charge is 0.472 e. The number of allylic oxidation sites excluding steroid dienone is 4. The van der Waals surface area contributed by atoms with Crippen LogP contribution in [0.25, 0.3) is 0 Å². The number of hydrogen-bond donors (Lipinski definition) is 1. The van der Waals surface area contributed by atoms with Crippen LogP contribution in [0.2, 0.25) is 0 Å². The van der Waals surface area contributed by atoms with E-state index in [2.05, 4.69) is 31.2 Å². The van der Waals surface area contributed by atoms with Gasteiger partial charge in [0.15, 0.2) is 0 Å². The molecule has 0 heterocycles. The Morgan fingerprint density at radius 1 is 0.721 bits per heavy atom. The first-order chi connectivity index (χ1) is 20.6. The lowest BCUT2D eigenvalue weighted by Crippen LogP contribution is -2.37. The lowest BCUT2D eigenvalue weighted by Gasteiger charge is -2.24. The van der Waals surface area contributed by atoms with Crippen molar-refractivity contribution in [2.24, 2.45) is 0 Å². The molecule has 0 aromatic heterocycles. The van der Waals surface area contributed by atoms with Gasteiger partial charge in [0.25, 0.3) is 0 Å². The lowest BCUT2D eigenvalue weighted by atomic mass is 10.1. The molecule has 9 heteroatoms. The molecule has 2 atom stereocenters. The second kappa shape index (κ2) is 28.5. The molecule has 0 aromatic rings. The Morgan fingerprint density at radius 3 is 1.84 bits per heavy atom. The fourth-order valence-corrected chi connectivity index (χ4v) is 5.07. The average Bonchev–Trinajstić information content (AvgIpc) is 2.93. The van der Waals surface area contributed by atoms with Crippen molar-refractivity contribution in [3.63, 3.8) is 0 Å². The van der Waals surface area contributed by atoms with E-state index in [4.69, 9.17) is 18.5 Å². The summed E-state index contributed by atoms with van der Waals surface area (Å²) in [6.45, 7) is 5.22. The zero-order valence-electron chi connectivity index (χ0n) is 28.4. The van der Waals surface area contributed by atoms with E-state index >= 15 is 0 Å². The molecule has 0 spiro atoms. The minimum Gasteiger partial charge on any atom is -0.457 e. The summed E-state index contributed by atoms with van der Waals surface area (Å²) in [5, 5.41) is 0. The van der Waals surface area contributed by atoms with E-state index < -0.39 is 13.9 Å². The molecule has 2 unspecified atom stereocenters. The number of rotatable bonds is 31. The molecule has 0 aromatic carbocycles. The first-order valence-corrected chi connectivity index (χ1v) is 18.6. The number of nitrogens with zero attached hydrogens (tertiary/aromatic N) is 1. The molecule has 8 nitrogen and oxygen atoms in total. The molecular formula is C34H67NO7P+. The molecule has 0 aliphatic carbocycles. The average molecular weight is 633 g/mol. The number of carbonyl (C=O) groups is 1. The molecule has 0 rings (SSSR count). The maximum atomic E-state index is 12.2. The molecule has 0 saturated carbocycles.